The highest BCUT2D eigenvalue weighted by atomic mass is 79.9. The Morgan fingerprint density at radius 3 is 2.33 bits per heavy atom. The Balaban J connectivity index is 2.05. The van der Waals surface area contributed by atoms with Crippen LogP contribution >= 0.6 is 31.9 Å². The summed E-state index contributed by atoms with van der Waals surface area (Å²) in [6.07, 6.45) is 0. The van der Waals surface area contributed by atoms with Gasteiger partial charge in [-0.25, -0.2) is 4.39 Å². The van der Waals surface area contributed by atoms with Crippen LogP contribution in [0.2, 0.25) is 0 Å². The normalized spacial score (nSPS) is 13.1. The molecule has 0 fully saturated rings. The molecule has 3 nitrogen and oxygen atoms in total. The Morgan fingerprint density at radius 2 is 1.67 bits per heavy atom. The molecule has 0 amide bonds. The zero-order valence-corrected chi connectivity index (χ0v) is 13.8. The van der Waals surface area contributed by atoms with E-state index in [1.807, 2.05) is 0 Å². The maximum Gasteiger partial charge on any atom is 0.194 e. The lowest BCUT2D eigenvalue weighted by atomic mass is 10.0. The third kappa shape index (κ3) is 2.96. The number of halogens is 3. The van der Waals surface area contributed by atoms with Crippen molar-refractivity contribution >= 4 is 37.6 Å². The first-order chi connectivity index (χ1) is 10.0. The van der Waals surface area contributed by atoms with Crippen LogP contribution in [-0.4, -0.2) is 19.0 Å². The molecular weight excluding hydrogens is 407 g/mol. The highest BCUT2D eigenvalue weighted by Gasteiger charge is 2.20. The van der Waals surface area contributed by atoms with Gasteiger partial charge in [-0.2, -0.15) is 0 Å². The Kier molecular flexibility index (Phi) is 3.99. The first-order valence-corrected chi connectivity index (χ1v) is 7.73. The zero-order chi connectivity index (χ0) is 15.0. The monoisotopic (exact) mass is 414 g/mol. The van der Waals surface area contributed by atoms with Gasteiger partial charge in [0.25, 0.3) is 0 Å². The van der Waals surface area contributed by atoms with Crippen molar-refractivity contribution in [3.05, 3.63) is 56.2 Å². The molecular formula is C15H9Br2FO3. The number of hydrogen-bond acceptors (Lipinski definition) is 3. The highest BCUT2D eigenvalue weighted by molar-refractivity contribution is 9.10. The van der Waals surface area contributed by atoms with Crippen molar-refractivity contribution in [2.45, 2.75) is 0 Å². The van der Waals surface area contributed by atoms with Gasteiger partial charge >= 0.3 is 0 Å². The SMILES string of the molecule is O=C(c1cc(F)cc(Br)c1)c1cc2c(cc1Br)OCCO2. The summed E-state index contributed by atoms with van der Waals surface area (Å²) in [5, 5.41) is 0. The average molecular weight is 416 g/mol. The molecule has 0 saturated heterocycles. The van der Waals surface area contributed by atoms with Crippen LogP contribution < -0.4 is 9.47 Å². The molecule has 3 rings (SSSR count). The van der Waals surface area contributed by atoms with Crippen molar-refractivity contribution in [2.75, 3.05) is 13.2 Å². The van der Waals surface area contributed by atoms with Crippen molar-refractivity contribution in [3.8, 4) is 11.5 Å². The highest BCUT2D eigenvalue weighted by Crippen LogP contribution is 2.36. The van der Waals surface area contributed by atoms with Crippen molar-refractivity contribution in [1.29, 1.82) is 0 Å². The van der Waals surface area contributed by atoms with Gasteiger partial charge in [0.15, 0.2) is 17.3 Å². The fraction of sp³-hybridized carbons (Fsp3) is 0.133. The Morgan fingerprint density at radius 1 is 1.00 bits per heavy atom. The third-order valence-corrected chi connectivity index (χ3v) is 4.12. The molecule has 0 saturated carbocycles. The van der Waals surface area contributed by atoms with Crippen LogP contribution in [-0.2, 0) is 0 Å². The summed E-state index contributed by atoms with van der Waals surface area (Å²) >= 11 is 6.53. The Labute approximate surface area is 137 Å². The number of carbonyl (C=O) groups excluding carboxylic acids is 1. The maximum atomic E-state index is 13.4. The van der Waals surface area contributed by atoms with E-state index in [0.29, 0.717) is 39.2 Å². The summed E-state index contributed by atoms with van der Waals surface area (Å²) in [4.78, 5) is 12.5. The van der Waals surface area contributed by atoms with E-state index in [4.69, 9.17) is 9.47 Å². The predicted molar refractivity (Wildman–Crippen MR) is 82.7 cm³/mol. The number of benzene rings is 2. The maximum absolute atomic E-state index is 13.4. The molecule has 0 unspecified atom stereocenters. The molecule has 6 heteroatoms. The Hall–Kier alpha value is -1.40. The molecule has 2 aromatic rings. The molecule has 0 radical (unpaired) electrons. The molecule has 2 aromatic carbocycles. The predicted octanol–water partition coefficient (Wildman–Crippen LogP) is 4.35. The summed E-state index contributed by atoms with van der Waals surface area (Å²) in [6, 6.07) is 7.39. The van der Waals surface area contributed by atoms with Gasteiger partial charge in [-0.3, -0.25) is 4.79 Å². The van der Waals surface area contributed by atoms with Crippen LogP contribution in [0.15, 0.2) is 39.3 Å². The molecule has 0 bridgehead atoms. The second-order valence-electron chi connectivity index (χ2n) is 4.46. The standard InChI is InChI=1S/C15H9Br2FO3/c16-9-3-8(4-10(18)5-9)15(19)11-6-13-14(7-12(11)17)21-2-1-20-13/h3-7H,1-2H2. The van der Waals surface area contributed by atoms with Crippen LogP contribution in [0, 0.1) is 5.82 Å². The van der Waals surface area contributed by atoms with Gasteiger partial charge in [0.2, 0.25) is 0 Å². The van der Waals surface area contributed by atoms with Crippen molar-refractivity contribution in [2.24, 2.45) is 0 Å². The molecule has 0 aromatic heterocycles. The topological polar surface area (TPSA) is 35.5 Å². The fourth-order valence-corrected chi connectivity index (χ4v) is 3.05. The van der Waals surface area contributed by atoms with Gasteiger partial charge in [0.1, 0.15) is 19.0 Å². The number of fused-ring (bicyclic) bond motifs is 1. The van der Waals surface area contributed by atoms with E-state index in [9.17, 15) is 9.18 Å². The molecule has 1 aliphatic heterocycles. The molecule has 0 N–H and O–H groups in total. The van der Waals surface area contributed by atoms with Crippen LogP contribution in [0.3, 0.4) is 0 Å². The lowest BCUT2D eigenvalue weighted by Gasteiger charge is -2.19. The molecule has 1 heterocycles. The molecule has 108 valence electrons. The number of carbonyl (C=O) groups is 1. The molecule has 21 heavy (non-hydrogen) atoms. The van der Waals surface area contributed by atoms with Gasteiger partial charge in [0, 0.05) is 20.1 Å². The largest absolute Gasteiger partial charge is 0.486 e. The first-order valence-electron chi connectivity index (χ1n) is 6.14. The minimum atomic E-state index is -0.471. The minimum absolute atomic E-state index is 0.263. The smallest absolute Gasteiger partial charge is 0.194 e. The lowest BCUT2D eigenvalue weighted by Crippen LogP contribution is -2.16. The van der Waals surface area contributed by atoms with Crippen molar-refractivity contribution in [3.63, 3.8) is 0 Å². The molecule has 0 atom stereocenters. The number of ether oxygens (including phenoxy) is 2. The second kappa shape index (κ2) is 5.77. The molecule has 0 aliphatic carbocycles. The summed E-state index contributed by atoms with van der Waals surface area (Å²) in [5.74, 6) is 0.341. The van der Waals surface area contributed by atoms with Gasteiger partial charge < -0.3 is 9.47 Å². The summed E-state index contributed by atoms with van der Waals surface area (Å²) < 4.78 is 25.5. The van der Waals surface area contributed by atoms with E-state index in [-0.39, 0.29) is 11.3 Å². The van der Waals surface area contributed by atoms with E-state index in [1.165, 1.54) is 12.1 Å². The zero-order valence-electron chi connectivity index (χ0n) is 10.7. The van der Waals surface area contributed by atoms with Crippen molar-refractivity contribution in [1.82, 2.24) is 0 Å². The quantitative estimate of drug-likeness (QED) is 0.684. The lowest BCUT2D eigenvalue weighted by molar-refractivity contribution is 0.103. The van der Waals surface area contributed by atoms with Crippen LogP contribution in [0.5, 0.6) is 11.5 Å². The van der Waals surface area contributed by atoms with E-state index >= 15 is 0 Å². The van der Waals surface area contributed by atoms with Gasteiger partial charge in [-0.15, -0.1) is 0 Å². The van der Waals surface area contributed by atoms with E-state index < -0.39 is 5.82 Å². The van der Waals surface area contributed by atoms with E-state index in [1.54, 1.807) is 18.2 Å². The minimum Gasteiger partial charge on any atom is -0.486 e. The first kappa shape index (κ1) is 14.5. The number of ketones is 1. The summed E-state index contributed by atoms with van der Waals surface area (Å²) in [5.41, 5.74) is 0.663. The Bertz CT molecular complexity index is 711. The number of hydrogen-bond donors (Lipinski definition) is 0. The average Bonchev–Trinajstić information content (AvgIpc) is 2.44. The van der Waals surface area contributed by atoms with Crippen LogP contribution in [0.4, 0.5) is 4.39 Å². The van der Waals surface area contributed by atoms with Gasteiger partial charge in [-0.05, 0) is 46.3 Å². The second-order valence-corrected chi connectivity index (χ2v) is 6.23. The van der Waals surface area contributed by atoms with E-state index in [2.05, 4.69) is 31.9 Å². The molecule has 0 spiro atoms. The van der Waals surface area contributed by atoms with E-state index in [0.717, 1.165) is 0 Å². The van der Waals surface area contributed by atoms with Crippen molar-refractivity contribution < 1.29 is 18.7 Å². The van der Waals surface area contributed by atoms with Gasteiger partial charge in [-0.1, -0.05) is 15.9 Å². The number of rotatable bonds is 2. The van der Waals surface area contributed by atoms with Crippen LogP contribution in [0.1, 0.15) is 15.9 Å². The van der Waals surface area contributed by atoms with Crippen LogP contribution in [0.25, 0.3) is 0 Å². The third-order valence-electron chi connectivity index (χ3n) is 3.00. The summed E-state index contributed by atoms with van der Waals surface area (Å²) in [6.45, 7) is 0.914. The fourth-order valence-electron chi connectivity index (χ4n) is 2.08. The molecule has 1 aliphatic rings. The summed E-state index contributed by atoms with van der Waals surface area (Å²) in [7, 11) is 0. The van der Waals surface area contributed by atoms with Gasteiger partial charge in [0.05, 0.1) is 0 Å².